The Hall–Kier alpha value is -0.480. The minimum Gasteiger partial charge on any atom is -0.366 e. The second-order valence-electron chi connectivity index (χ2n) is 3.28. The molecule has 68 valence electrons. The normalized spacial score (nSPS) is 23.6. The minimum absolute atomic E-state index is 0.227. The van der Waals surface area contributed by atoms with E-state index in [0.29, 0.717) is 0 Å². The van der Waals surface area contributed by atoms with Crippen molar-refractivity contribution in [3.8, 4) is 11.8 Å². The van der Waals surface area contributed by atoms with Gasteiger partial charge in [0.2, 0.25) is 0 Å². The third-order valence-electron chi connectivity index (χ3n) is 2.05. The molecule has 0 aromatic carbocycles. The fraction of sp³-hybridized carbons (Fsp3) is 0.818. The van der Waals surface area contributed by atoms with Crippen LogP contribution in [0.4, 0.5) is 0 Å². The van der Waals surface area contributed by atoms with E-state index in [9.17, 15) is 0 Å². The van der Waals surface area contributed by atoms with E-state index in [2.05, 4.69) is 18.8 Å². The van der Waals surface area contributed by atoms with E-state index in [0.717, 1.165) is 25.9 Å². The molecule has 12 heavy (non-hydrogen) atoms. The van der Waals surface area contributed by atoms with Crippen molar-refractivity contribution < 1.29 is 4.74 Å². The van der Waals surface area contributed by atoms with E-state index < -0.39 is 0 Å². The lowest BCUT2D eigenvalue weighted by Gasteiger charge is -2.12. The molecule has 0 N–H and O–H groups in total. The lowest BCUT2D eigenvalue weighted by Crippen LogP contribution is -2.12. The van der Waals surface area contributed by atoms with Gasteiger partial charge in [0.25, 0.3) is 0 Å². The predicted molar refractivity (Wildman–Crippen MR) is 50.9 cm³/mol. The SMILES string of the molecule is CCCOC1C#CCCCCC1. The van der Waals surface area contributed by atoms with Gasteiger partial charge < -0.3 is 4.74 Å². The van der Waals surface area contributed by atoms with E-state index in [1.165, 1.54) is 19.3 Å². The number of ether oxygens (including phenoxy) is 1. The van der Waals surface area contributed by atoms with Crippen molar-refractivity contribution in [1.29, 1.82) is 0 Å². The van der Waals surface area contributed by atoms with Crippen LogP contribution in [0.25, 0.3) is 0 Å². The first-order chi connectivity index (χ1) is 5.93. The second kappa shape index (κ2) is 6.08. The van der Waals surface area contributed by atoms with Crippen LogP contribution in [0.5, 0.6) is 0 Å². The summed E-state index contributed by atoms with van der Waals surface area (Å²) in [4.78, 5) is 0. The predicted octanol–water partition coefficient (Wildman–Crippen LogP) is 2.75. The fourth-order valence-corrected chi connectivity index (χ4v) is 1.36. The summed E-state index contributed by atoms with van der Waals surface area (Å²) < 4.78 is 5.59. The quantitative estimate of drug-likeness (QED) is 0.586. The Kier molecular flexibility index (Phi) is 4.87. The Morgan fingerprint density at radius 3 is 3.08 bits per heavy atom. The lowest BCUT2D eigenvalue weighted by molar-refractivity contribution is 0.0838. The first kappa shape index (κ1) is 9.61. The highest BCUT2D eigenvalue weighted by atomic mass is 16.5. The summed E-state index contributed by atoms with van der Waals surface area (Å²) in [5.74, 6) is 6.36. The minimum atomic E-state index is 0.227. The van der Waals surface area contributed by atoms with Crippen molar-refractivity contribution >= 4 is 0 Å². The summed E-state index contributed by atoms with van der Waals surface area (Å²) in [7, 11) is 0. The van der Waals surface area contributed by atoms with Crippen LogP contribution in [0, 0.1) is 11.8 Å². The zero-order valence-corrected chi connectivity index (χ0v) is 7.94. The summed E-state index contributed by atoms with van der Waals surface area (Å²) in [6.45, 7) is 3.00. The van der Waals surface area contributed by atoms with Gasteiger partial charge in [0.05, 0.1) is 0 Å². The molecule has 0 fully saturated rings. The third-order valence-corrected chi connectivity index (χ3v) is 2.05. The van der Waals surface area contributed by atoms with E-state index in [4.69, 9.17) is 4.74 Å². The average molecular weight is 166 g/mol. The zero-order chi connectivity index (χ0) is 8.65. The van der Waals surface area contributed by atoms with Crippen LogP contribution in [-0.4, -0.2) is 12.7 Å². The largest absolute Gasteiger partial charge is 0.366 e. The molecule has 0 amide bonds. The Morgan fingerprint density at radius 1 is 1.33 bits per heavy atom. The van der Waals surface area contributed by atoms with Crippen molar-refractivity contribution in [2.75, 3.05) is 6.61 Å². The van der Waals surface area contributed by atoms with Gasteiger partial charge >= 0.3 is 0 Å². The topological polar surface area (TPSA) is 9.23 Å². The van der Waals surface area contributed by atoms with Crippen LogP contribution < -0.4 is 0 Å². The highest BCUT2D eigenvalue weighted by Crippen LogP contribution is 2.10. The van der Waals surface area contributed by atoms with Crippen molar-refractivity contribution in [2.24, 2.45) is 0 Å². The van der Waals surface area contributed by atoms with Gasteiger partial charge in [0.15, 0.2) is 0 Å². The van der Waals surface area contributed by atoms with Gasteiger partial charge in [-0.15, -0.1) is 5.92 Å². The van der Waals surface area contributed by atoms with Crippen molar-refractivity contribution in [3.05, 3.63) is 0 Å². The first-order valence-corrected chi connectivity index (χ1v) is 5.03. The third kappa shape index (κ3) is 3.78. The molecule has 0 spiro atoms. The number of hydrogen-bond acceptors (Lipinski definition) is 1. The summed E-state index contributed by atoms with van der Waals surface area (Å²) in [6.07, 6.45) is 7.39. The van der Waals surface area contributed by atoms with Crippen LogP contribution in [-0.2, 0) is 4.74 Å². The van der Waals surface area contributed by atoms with Crippen LogP contribution in [0.3, 0.4) is 0 Å². The standard InChI is InChI=1S/C11H18O/c1-2-10-12-11-8-6-4-3-5-7-9-11/h11H,2-6,8,10H2,1H3. The molecule has 1 atom stereocenters. The van der Waals surface area contributed by atoms with Gasteiger partial charge in [-0.1, -0.05) is 19.3 Å². The molecule has 1 aliphatic carbocycles. The molecule has 0 aliphatic heterocycles. The number of rotatable bonds is 3. The molecule has 0 aromatic rings. The van der Waals surface area contributed by atoms with E-state index in [1.54, 1.807) is 0 Å². The molecule has 0 aromatic heterocycles. The van der Waals surface area contributed by atoms with Gasteiger partial charge in [-0.05, 0) is 25.7 Å². The van der Waals surface area contributed by atoms with Crippen molar-refractivity contribution in [3.63, 3.8) is 0 Å². The summed E-state index contributed by atoms with van der Waals surface area (Å²) >= 11 is 0. The maximum Gasteiger partial charge on any atom is 0.118 e. The number of hydrogen-bond donors (Lipinski definition) is 0. The van der Waals surface area contributed by atoms with Crippen molar-refractivity contribution in [2.45, 2.75) is 51.6 Å². The molecule has 1 heteroatoms. The molecule has 1 nitrogen and oxygen atoms in total. The summed E-state index contributed by atoms with van der Waals surface area (Å²) in [5.41, 5.74) is 0. The summed E-state index contributed by atoms with van der Waals surface area (Å²) in [6, 6.07) is 0. The highest BCUT2D eigenvalue weighted by molar-refractivity contribution is 5.05. The van der Waals surface area contributed by atoms with E-state index >= 15 is 0 Å². The van der Waals surface area contributed by atoms with Crippen molar-refractivity contribution in [1.82, 2.24) is 0 Å². The molecule has 0 radical (unpaired) electrons. The maximum absolute atomic E-state index is 5.59. The van der Waals surface area contributed by atoms with E-state index in [1.807, 2.05) is 0 Å². The first-order valence-electron chi connectivity index (χ1n) is 5.03. The van der Waals surface area contributed by atoms with Gasteiger partial charge in [-0.2, -0.15) is 0 Å². The second-order valence-corrected chi connectivity index (χ2v) is 3.28. The smallest absolute Gasteiger partial charge is 0.118 e. The summed E-state index contributed by atoms with van der Waals surface area (Å²) in [5, 5.41) is 0. The lowest BCUT2D eigenvalue weighted by atomic mass is 10.1. The van der Waals surface area contributed by atoms with E-state index in [-0.39, 0.29) is 6.10 Å². The molecule has 0 saturated heterocycles. The molecule has 0 saturated carbocycles. The van der Waals surface area contributed by atoms with Gasteiger partial charge in [0.1, 0.15) is 6.10 Å². The van der Waals surface area contributed by atoms with Gasteiger partial charge in [-0.3, -0.25) is 0 Å². The van der Waals surface area contributed by atoms with Crippen LogP contribution in [0.2, 0.25) is 0 Å². The Labute approximate surface area is 75.5 Å². The molecule has 0 heterocycles. The maximum atomic E-state index is 5.59. The highest BCUT2D eigenvalue weighted by Gasteiger charge is 2.05. The van der Waals surface area contributed by atoms with Gasteiger partial charge in [-0.25, -0.2) is 0 Å². The molecular weight excluding hydrogens is 148 g/mol. The van der Waals surface area contributed by atoms with Crippen LogP contribution >= 0.6 is 0 Å². The molecule has 1 aliphatic rings. The molecular formula is C11H18O. The van der Waals surface area contributed by atoms with Crippen LogP contribution in [0.1, 0.15) is 45.4 Å². The Balaban J connectivity index is 2.28. The monoisotopic (exact) mass is 166 g/mol. The van der Waals surface area contributed by atoms with Crippen LogP contribution in [0.15, 0.2) is 0 Å². The Bertz CT molecular complexity index is 164. The molecule has 1 unspecified atom stereocenters. The Morgan fingerprint density at radius 2 is 2.25 bits per heavy atom. The van der Waals surface area contributed by atoms with Gasteiger partial charge in [0, 0.05) is 13.0 Å². The average Bonchev–Trinajstić information content (AvgIpc) is 2.02. The zero-order valence-electron chi connectivity index (χ0n) is 7.94. The fourth-order valence-electron chi connectivity index (χ4n) is 1.36. The molecule has 1 rings (SSSR count). The molecule has 0 bridgehead atoms.